The van der Waals surface area contributed by atoms with Gasteiger partial charge in [-0.25, -0.2) is 13.4 Å². The summed E-state index contributed by atoms with van der Waals surface area (Å²) in [5, 5.41) is 6.79. The number of hydrogen-bond acceptors (Lipinski definition) is 5. The van der Waals surface area contributed by atoms with Crippen molar-refractivity contribution in [2.75, 3.05) is 26.2 Å². The molecule has 0 aliphatic carbocycles. The number of fused-ring (bicyclic) bond motifs is 1. The summed E-state index contributed by atoms with van der Waals surface area (Å²) in [5.41, 5.74) is 0.570. The molecule has 8 nitrogen and oxygen atoms in total. The molecule has 2 fully saturated rings. The summed E-state index contributed by atoms with van der Waals surface area (Å²) >= 11 is 0. The highest BCUT2D eigenvalue weighted by atomic mass is 32.2. The fraction of sp³-hybridized carbons (Fsp3) is 0.556. The number of amides is 1. The molecule has 146 valence electrons. The average molecular weight is 391 g/mol. The molecule has 2 atom stereocenters. The molecule has 0 bridgehead atoms. The normalized spacial score (nSPS) is 24.3. The molecule has 2 aromatic heterocycles. The van der Waals surface area contributed by atoms with Crippen LogP contribution in [0.1, 0.15) is 25.7 Å². The highest BCUT2D eigenvalue weighted by Gasteiger charge is 2.32. The second kappa shape index (κ2) is 7.57. The molecule has 0 spiro atoms. The highest BCUT2D eigenvalue weighted by molar-refractivity contribution is 7.89. The largest absolute Gasteiger partial charge is 0.354 e. The van der Waals surface area contributed by atoms with Gasteiger partial charge < -0.3 is 15.6 Å². The first-order valence-corrected chi connectivity index (χ1v) is 10.9. The second-order valence-corrected chi connectivity index (χ2v) is 9.22. The summed E-state index contributed by atoms with van der Waals surface area (Å²) in [6.07, 6.45) is 6.75. The van der Waals surface area contributed by atoms with Crippen molar-refractivity contribution in [3.63, 3.8) is 0 Å². The zero-order valence-corrected chi connectivity index (χ0v) is 16.0. The van der Waals surface area contributed by atoms with Crippen LogP contribution in [0.3, 0.4) is 0 Å². The van der Waals surface area contributed by atoms with E-state index < -0.39 is 10.0 Å². The van der Waals surface area contributed by atoms with Gasteiger partial charge in [0.25, 0.3) is 0 Å². The van der Waals surface area contributed by atoms with Gasteiger partial charge in [0, 0.05) is 37.4 Å². The molecule has 0 saturated carbocycles. The average Bonchev–Trinajstić information content (AvgIpc) is 3.36. The number of sulfonamides is 1. The van der Waals surface area contributed by atoms with Gasteiger partial charge in [-0.1, -0.05) is 0 Å². The maximum absolute atomic E-state index is 13.1. The summed E-state index contributed by atoms with van der Waals surface area (Å²) in [4.78, 5) is 19.6. The number of rotatable bonds is 5. The number of nitrogens with zero attached hydrogens (tertiary/aromatic N) is 2. The van der Waals surface area contributed by atoms with E-state index in [0.29, 0.717) is 30.7 Å². The summed E-state index contributed by atoms with van der Waals surface area (Å²) in [6.45, 7) is 2.32. The van der Waals surface area contributed by atoms with Gasteiger partial charge in [0.15, 0.2) is 0 Å². The molecule has 27 heavy (non-hydrogen) atoms. The maximum atomic E-state index is 13.1. The van der Waals surface area contributed by atoms with Gasteiger partial charge in [-0.15, -0.1) is 0 Å². The number of carbonyl (C=O) groups is 1. The molecule has 3 N–H and O–H groups in total. The number of aromatic nitrogens is 2. The van der Waals surface area contributed by atoms with Crippen LogP contribution < -0.4 is 10.6 Å². The topological polar surface area (TPSA) is 107 Å². The smallest absolute Gasteiger partial charge is 0.245 e. The number of nitrogens with one attached hydrogen (secondary N) is 3. The first kappa shape index (κ1) is 18.4. The molecule has 4 rings (SSSR count). The molecular formula is C18H25N5O3S. The van der Waals surface area contributed by atoms with Crippen molar-refractivity contribution in [3.05, 3.63) is 24.5 Å². The maximum Gasteiger partial charge on any atom is 0.245 e. The zero-order valence-electron chi connectivity index (χ0n) is 15.1. The van der Waals surface area contributed by atoms with Crippen molar-refractivity contribution in [2.24, 2.45) is 5.92 Å². The van der Waals surface area contributed by atoms with Crippen LogP contribution in [0.25, 0.3) is 11.0 Å². The lowest BCUT2D eigenvalue weighted by Gasteiger charge is -2.32. The van der Waals surface area contributed by atoms with E-state index in [1.807, 2.05) is 0 Å². The van der Waals surface area contributed by atoms with E-state index in [4.69, 9.17) is 0 Å². The Morgan fingerprint density at radius 3 is 3.04 bits per heavy atom. The summed E-state index contributed by atoms with van der Waals surface area (Å²) in [7, 11) is -3.60. The fourth-order valence-electron chi connectivity index (χ4n) is 3.97. The van der Waals surface area contributed by atoms with E-state index in [1.54, 1.807) is 18.3 Å². The van der Waals surface area contributed by atoms with Crippen molar-refractivity contribution in [2.45, 2.75) is 36.6 Å². The fourth-order valence-corrected chi connectivity index (χ4v) is 5.68. The molecule has 2 unspecified atom stereocenters. The molecule has 2 aliphatic heterocycles. The molecule has 0 aromatic carbocycles. The van der Waals surface area contributed by atoms with Crippen LogP contribution in [-0.4, -0.2) is 60.8 Å². The Labute approximate surface area is 158 Å². The van der Waals surface area contributed by atoms with Crippen LogP contribution in [0, 0.1) is 5.92 Å². The van der Waals surface area contributed by atoms with E-state index in [-0.39, 0.29) is 22.8 Å². The van der Waals surface area contributed by atoms with E-state index >= 15 is 0 Å². The SMILES string of the molecule is O=C(NCC1CCCN(S(=O)(=O)c2c[nH]c3ncccc23)C1)C1CCCN1. The van der Waals surface area contributed by atoms with Gasteiger partial charge in [0.2, 0.25) is 15.9 Å². The van der Waals surface area contributed by atoms with Crippen molar-refractivity contribution < 1.29 is 13.2 Å². The molecule has 9 heteroatoms. The van der Waals surface area contributed by atoms with Crippen LogP contribution in [0.4, 0.5) is 0 Å². The lowest BCUT2D eigenvalue weighted by Crippen LogP contribution is -2.46. The van der Waals surface area contributed by atoms with Crippen LogP contribution in [-0.2, 0) is 14.8 Å². The van der Waals surface area contributed by atoms with Crippen molar-refractivity contribution in [3.8, 4) is 0 Å². The molecular weight excluding hydrogens is 366 g/mol. The Morgan fingerprint density at radius 1 is 1.33 bits per heavy atom. The minimum atomic E-state index is -3.60. The van der Waals surface area contributed by atoms with Crippen LogP contribution in [0.2, 0.25) is 0 Å². The number of piperidine rings is 1. The minimum absolute atomic E-state index is 0.0233. The third-order valence-corrected chi connectivity index (χ3v) is 7.36. The van der Waals surface area contributed by atoms with Crippen molar-refractivity contribution in [1.29, 1.82) is 0 Å². The Bertz CT molecular complexity index is 920. The Morgan fingerprint density at radius 2 is 2.22 bits per heavy atom. The lowest BCUT2D eigenvalue weighted by atomic mass is 9.99. The third-order valence-electron chi connectivity index (χ3n) is 5.45. The van der Waals surface area contributed by atoms with Gasteiger partial charge in [-0.2, -0.15) is 4.31 Å². The van der Waals surface area contributed by atoms with Crippen LogP contribution in [0.5, 0.6) is 0 Å². The third kappa shape index (κ3) is 3.71. The van der Waals surface area contributed by atoms with Crippen molar-refractivity contribution >= 4 is 27.0 Å². The van der Waals surface area contributed by atoms with E-state index in [0.717, 1.165) is 32.2 Å². The number of hydrogen-bond donors (Lipinski definition) is 3. The molecule has 4 heterocycles. The quantitative estimate of drug-likeness (QED) is 0.700. The number of H-pyrrole nitrogens is 1. The number of aromatic amines is 1. The van der Waals surface area contributed by atoms with Gasteiger partial charge in [-0.05, 0) is 50.3 Å². The minimum Gasteiger partial charge on any atom is -0.354 e. The summed E-state index contributed by atoms with van der Waals surface area (Å²) in [5.74, 6) is 0.150. The number of pyridine rings is 1. The standard InChI is InChI=1S/C18H25N5O3S/c24-18(15-6-2-7-19-15)22-10-13-4-3-9-23(12-13)27(25,26)16-11-21-17-14(16)5-1-8-20-17/h1,5,8,11,13,15,19H,2-4,6-7,9-10,12H2,(H,20,21)(H,22,24). The molecule has 2 saturated heterocycles. The second-order valence-electron chi connectivity index (χ2n) is 7.32. The number of carbonyl (C=O) groups excluding carboxylic acids is 1. The molecule has 2 aliphatic rings. The summed E-state index contributed by atoms with van der Waals surface area (Å²) < 4.78 is 27.8. The molecule has 0 radical (unpaired) electrons. The molecule has 2 aromatic rings. The monoisotopic (exact) mass is 391 g/mol. The van der Waals surface area contributed by atoms with Gasteiger partial charge in [0.05, 0.1) is 6.04 Å². The zero-order chi connectivity index (χ0) is 18.9. The van der Waals surface area contributed by atoms with E-state index in [1.165, 1.54) is 10.5 Å². The first-order chi connectivity index (χ1) is 13.1. The van der Waals surface area contributed by atoms with Crippen LogP contribution >= 0.6 is 0 Å². The lowest BCUT2D eigenvalue weighted by molar-refractivity contribution is -0.123. The van der Waals surface area contributed by atoms with E-state index in [2.05, 4.69) is 20.6 Å². The van der Waals surface area contributed by atoms with Gasteiger partial charge >= 0.3 is 0 Å². The van der Waals surface area contributed by atoms with Crippen LogP contribution in [0.15, 0.2) is 29.4 Å². The predicted octanol–water partition coefficient (Wildman–Crippen LogP) is 0.832. The Kier molecular flexibility index (Phi) is 5.16. The summed E-state index contributed by atoms with van der Waals surface area (Å²) in [6, 6.07) is 3.40. The van der Waals surface area contributed by atoms with E-state index in [9.17, 15) is 13.2 Å². The van der Waals surface area contributed by atoms with Crippen molar-refractivity contribution in [1.82, 2.24) is 24.9 Å². The highest BCUT2D eigenvalue weighted by Crippen LogP contribution is 2.28. The Hall–Kier alpha value is -1.97. The van der Waals surface area contributed by atoms with Gasteiger partial charge in [-0.3, -0.25) is 4.79 Å². The van der Waals surface area contributed by atoms with Gasteiger partial charge in [0.1, 0.15) is 10.5 Å². The first-order valence-electron chi connectivity index (χ1n) is 9.49. The molecule has 1 amide bonds. The Balaban J connectivity index is 1.43. The predicted molar refractivity (Wildman–Crippen MR) is 102 cm³/mol.